The first-order valence-electron chi connectivity index (χ1n) is 11.8. The smallest absolute Gasteiger partial charge is 0.250 e. The Morgan fingerprint density at radius 1 is 1.17 bits per heavy atom. The number of hydrogen-bond acceptors (Lipinski definition) is 5. The summed E-state index contributed by atoms with van der Waals surface area (Å²) in [6.45, 7) is 1.70. The average molecular weight is 498 g/mol. The Balaban J connectivity index is 1.44. The number of benzene rings is 2. The zero-order chi connectivity index (χ0) is 24.7. The number of rotatable bonds is 7. The van der Waals surface area contributed by atoms with Gasteiger partial charge in [0.25, 0.3) is 0 Å². The summed E-state index contributed by atoms with van der Waals surface area (Å²) in [7, 11) is 0. The van der Waals surface area contributed by atoms with Gasteiger partial charge in [0.15, 0.2) is 0 Å². The summed E-state index contributed by atoms with van der Waals surface area (Å²) in [5.74, 6) is -2.55. The monoisotopic (exact) mass is 497 g/mol. The van der Waals surface area contributed by atoms with Crippen molar-refractivity contribution in [3.63, 3.8) is 0 Å². The molecule has 2 aromatic rings. The van der Waals surface area contributed by atoms with E-state index in [4.69, 9.17) is 16.3 Å². The number of nitrogens with zero attached hydrogens (tertiary/aromatic N) is 1. The van der Waals surface area contributed by atoms with Gasteiger partial charge in [-0.05, 0) is 37.5 Å². The summed E-state index contributed by atoms with van der Waals surface area (Å²) in [6.07, 6.45) is 0.609. The lowest BCUT2D eigenvalue weighted by atomic mass is 9.70. The van der Waals surface area contributed by atoms with Crippen LogP contribution in [0.1, 0.15) is 25.3 Å². The van der Waals surface area contributed by atoms with Crippen LogP contribution in [0.2, 0.25) is 5.02 Å². The highest BCUT2D eigenvalue weighted by molar-refractivity contribution is 6.33. The van der Waals surface area contributed by atoms with E-state index >= 15 is 0 Å². The Labute approximate surface area is 208 Å². The molecule has 3 aliphatic heterocycles. The Morgan fingerprint density at radius 3 is 2.60 bits per heavy atom. The van der Waals surface area contributed by atoms with E-state index in [1.54, 1.807) is 31.2 Å². The average Bonchev–Trinajstić information content (AvgIpc) is 3.51. The number of carbonyl (C=O) groups is 3. The Hall–Kier alpha value is -2.94. The molecule has 0 radical (unpaired) electrons. The first kappa shape index (κ1) is 23.8. The van der Waals surface area contributed by atoms with Crippen LogP contribution in [0.25, 0.3) is 0 Å². The van der Waals surface area contributed by atoms with Crippen LogP contribution in [0.15, 0.2) is 54.6 Å². The number of anilines is 1. The van der Waals surface area contributed by atoms with E-state index in [0.29, 0.717) is 30.1 Å². The summed E-state index contributed by atoms with van der Waals surface area (Å²) in [6, 6.07) is 14.8. The number of nitrogens with one attached hydrogen (secondary N) is 2. The van der Waals surface area contributed by atoms with Gasteiger partial charge in [0.2, 0.25) is 17.7 Å². The van der Waals surface area contributed by atoms with Crippen molar-refractivity contribution in [1.82, 2.24) is 10.2 Å². The molecule has 5 rings (SSSR count). The number of likely N-dealkylation sites (tertiary alicyclic amines) is 1. The second kappa shape index (κ2) is 9.26. The predicted molar refractivity (Wildman–Crippen MR) is 129 cm³/mol. The molecule has 0 aromatic heterocycles. The third-order valence-electron chi connectivity index (χ3n) is 7.47. The van der Waals surface area contributed by atoms with Gasteiger partial charge in [-0.3, -0.25) is 14.4 Å². The molecule has 6 atom stereocenters. The second-order valence-electron chi connectivity index (χ2n) is 9.51. The number of aliphatic hydroxyl groups is 1. The van der Waals surface area contributed by atoms with Crippen LogP contribution in [-0.2, 0) is 25.7 Å². The van der Waals surface area contributed by atoms with Gasteiger partial charge in [-0.2, -0.15) is 0 Å². The standard InChI is InChI=1S/C26H28ClN3O5/c1-15(14-31)30-22(24(33)29-18-10-6-5-9-17(18)27)26-12-11-19(35-26)20(21(26)25(30)34)23(32)28-13-16-7-3-2-4-8-16/h2-10,15,19-22,31H,11-14H2,1H3,(H,28,32)(H,29,33)/t15-,19+,20-,21+,22?,26?/m1/s1. The van der Waals surface area contributed by atoms with E-state index in [9.17, 15) is 19.5 Å². The number of fused-ring (bicyclic) bond motifs is 1. The van der Waals surface area contributed by atoms with Gasteiger partial charge >= 0.3 is 0 Å². The van der Waals surface area contributed by atoms with Gasteiger partial charge in [-0.1, -0.05) is 54.1 Å². The van der Waals surface area contributed by atoms with Crippen LogP contribution in [0.3, 0.4) is 0 Å². The van der Waals surface area contributed by atoms with Crippen molar-refractivity contribution in [2.24, 2.45) is 11.8 Å². The SMILES string of the molecule is C[C@H](CO)N1C(=O)[C@@H]2[C@H](C(=O)NCc3ccccc3)[C@@H]3CCC2(O3)C1C(=O)Nc1ccccc1Cl. The molecule has 0 saturated carbocycles. The van der Waals surface area contributed by atoms with Gasteiger partial charge < -0.3 is 25.4 Å². The molecule has 35 heavy (non-hydrogen) atoms. The maximum atomic E-state index is 13.7. The molecule has 8 nitrogen and oxygen atoms in total. The highest BCUT2D eigenvalue weighted by Gasteiger charge is 2.74. The minimum Gasteiger partial charge on any atom is -0.394 e. The number of halogens is 1. The lowest BCUT2D eigenvalue weighted by Gasteiger charge is -2.35. The summed E-state index contributed by atoms with van der Waals surface area (Å²) >= 11 is 6.25. The summed E-state index contributed by atoms with van der Waals surface area (Å²) in [4.78, 5) is 42.1. The van der Waals surface area contributed by atoms with Gasteiger partial charge in [0.1, 0.15) is 11.6 Å². The molecule has 3 N–H and O–H groups in total. The minimum absolute atomic E-state index is 0.262. The number of amides is 3. The van der Waals surface area contributed by atoms with Crippen molar-refractivity contribution in [2.75, 3.05) is 11.9 Å². The van der Waals surface area contributed by atoms with E-state index in [1.807, 2.05) is 30.3 Å². The third-order valence-corrected chi connectivity index (χ3v) is 7.80. The molecule has 1 spiro atoms. The highest BCUT2D eigenvalue weighted by atomic mass is 35.5. The van der Waals surface area contributed by atoms with Crippen LogP contribution < -0.4 is 10.6 Å². The fraction of sp³-hybridized carbons (Fsp3) is 0.423. The van der Waals surface area contributed by atoms with Crippen molar-refractivity contribution < 1.29 is 24.2 Å². The fourth-order valence-electron chi connectivity index (χ4n) is 5.92. The topological polar surface area (TPSA) is 108 Å². The van der Waals surface area contributed by atoms with E-state index in [0.717, 1.165) is 5.56 Å². The van der Waals surface area contributed by atoms with E-state index in [-0.39, 0.29) is 18.4 Å². The van der Waals surface area contributed by atoms with Gasteiger partial charge in [-0.15, -0.1) is 0 Å². The van der Waals surface area contributed by atoms with Crippen molar-refractivity contribution in [2.45, 2.75) is 50.1 Å². The quantitative estimate of drug-likeness (QED) is 0.544. The molecule has 2 bridgehead atoms. The number of ether oxygens (including phenoxy) is 1. The van der Waals surface area contributed by atoms with E-state index in [2.05, 4.69) is 10.6 Å². The van der Waals surface area contributed by atoms with E-state index in [1.165, 1.54) is 4.90 Å². The maximum Gasteiger partial charge on any atom is 0.250 e. The number of para-hydroxylation sites is 1. The molecule has 3 fully saturated rings. The molecule has 184 valence electrons. The summed E-state index contributed by atoms with van der Waals surface area (Å²) < 4.78 is 6.37. The lowest BCUT2D eigenvalue weighted by molar-refractivity contribution is -0.143. The van der Waals surface area contributed by atoms with Crippen LogP contribution >= 0.6 is 11.6 Å². The molecule has 2 unspecified atom stereocenters. The van der Waals surface area contributed by atoms with Crippen LogP contribution in [0.4, 0.5) is 5.69 Å². The highest BCUT2D eigenvalue weighted by Crippen LogP contribution is 2.58. The van der Waals surface area contributed by atoms with Crippen LogP contribution in [0.5, 0.6) is 0 Å². The molecule has 2 aromatic carbocycles. The molecule has 3 saturated heterocycles. The zero-order valence-corrected chi connectivity index (χ0v) is 20.1. The van der Waals surface area contributed by atoms with E-state index < -0.39 is 41.5 Å². The van der Waals surface area contributed by atoms with Crippen LogP contribution in [0, 0.1) is 11.8 Å². The van der Waals surface area contributed by atoms with Crippen molar-refractivity contribution in [1.29, 1.82) is 0 Å². The Kier molecular flexibility index (Phi) is 6.29. The summed E-state index contributed by atoms with van der Waals surface area (Å²) in [5, 5.41) is 16.0. The normalized spacial score (nSPS) is 29.7. The van der Waals surface area contributed by atoms with Crippen LogP contribution in [-0.4, -0.2) is 58.1 Å². The first-order chi connectivity index (χ1) is 16.9. The van der Waals surface area contributed by atoms with Crippen molar-refractivity contribution in [3.05, 3.63) is 65.2 Å². The largest absolute Gasteiger partial charge is 0.394 e. The number of hydrogen-bond donors (Lipinski definition) is 3. The maximum absolute atomic E-state index is 13.7. The third kappa shape index (κ3) is 3.90. The fourth-order valence-corrected chi connectivity index (χ4v) is 6.10. The first-order valence-corrected chi connectivity index (χ1v) is 12.2. The molecule has 9 heteroatoms. The molecule has 3 heterocycles. The molecule has 0 aliphatic carbocycles. The van der Waals surface area contributed by atoms with Gasteiger partial charge in [0.05, 0.1) is 41.3 Å². The summed E-state index contributed by atoms with van der Waals surface area (Å²) in [5.41, 5.74) is 0.239. The molecule has 3 amide bonds. The lowest BCUT2D eigenvalue weighted by Crippen LogP contribution is -2.55. The number of aliphatic hydroxyl groups excluding tert-OH is 1. The van der Waals surface area contributed by atoms with Crippen molar-refractivity contribution in [3.8, 4) is 0 Å². The Morgan fingerprint density at radius 2 is 1.89 bits per heavy atom. The molecular formula is C26H28ClN3O5. The Bertz CT molecular complexity index is 1140. The minimum atomic E-state index is -1.13. The molecule has 3 aliphatic rings. The number of carbonyl (C=O) groups excluding carboxylic acids is 3. The van der Waals surface area contributed by atoms with Crippen molar-refractivity contribution >= 4 is 35.0 Å². The van der Waals surface area contributed by atoms with Gasteiger partial charge in [0, 0.05) is 6.54 Å². The second-order valence-corrected chi connectivity index (χ2v) is 9.91. The predicted octanol–water partition coefficient (Wildman–Crippen LogP) is 2.35. The van der Waals surface area contributed by atoms with Gasteiger partial charge in [-0.25, -0.2) is 0 Å². The molecular weight excluding hydrogens is 470 g/mol. The zero-order valence-electron chi connectivity index (χ0n) is 19.3.